The van der Waals surface area contributed by atoms with E-state index in [4.69, 9.17) is 9.47 Å². The van der Waals surface area contributed by atoms with Crippen molar-refractivity contribution in [3.8, 4) is 0 Å². The summed E-state index contributed by atoms with van der Waals surface area (Å²) >= 11 is 0. The molecule has 3 atom stereocenters. The van der Waals surface area contributed by atoms with Gasteiger partial charge in [-0.25, -0.2) is 0 Å². The van der Waals surface area contributed by atoms with Gasteiger partial charge in [-0.05, 0) is 12.3 Å². The summed E-state index contributed by atoms with van der Waals surface area (Å²) in [6, 6.07) is 0. The van der Waals surface area contributed by atoms with E-state index >= 15 is 0 Å². The van der Waals surface area contributed by atoms with Crippen LogP contribution >= 0.6 is 0 Å². The lowest BCUT2D eigenvalue weighted by molar-refractivity contribution is -0.0642. The Labute approximate surface area is 80.9 Å². The Kier molecular flexibility index (Phi) is 4.46. The van der Waals surface area contributed by atoms with E-state index in [1.54, 1.807) is 0 Å². The van der Waals surface area contributed by atoms with Crippen molar-refractivity contribution in [2.45, 2.75) is 38.9 Å². The van der Waals surface area contributed by atoms with Crippen LogP contribution in [0.3, 0.4) is 0 Å². The Morgan fingerprint density at radius 3 is 2.15 bits per heavy atom. The van der Waals surface area contributed by atoms with Gasteiger partial charge < -0.3 is 9.47 Å². The van der Waals surface area contributed by atoms with Crippen molar-refractivity contribution in [1.82, 2.24) is 0 Å². The second kappa shape index (κ2) is 5.40. The van der Waals surface area contributed by atoms with E-state index in [1.165, 1.54) is 12.8 Å². The molecule has 2 saturated heterocycles. The normalized spacial score (nSPS) is 32.2. The highest BCUT2D eigenvalue weighted by molar-refractivity contribution is 4.84. The lowest BCUT2D eigenvalue weighted by Crippen LogP contribution is -2.31. The smallest absolute Gasteiger partial charge is 0.107 e. The summed E-state index contributed by atoms with van der Waals surface area (Å²) in [5.74, 6) is 0.699. The van der Waals surface area contributed by atoms with E-state index in [0.29, 0.717) is 18.1 Å². The molecule has 0 saturated carbocycles. The minimum Gasteiger partial charge on any atom is -0.375 e. The molecule has 0 aromatic heterocycles. The summed E-state index contributed by atoms with van der Waals surface area (Å²) in [6.07, 6.45) is 5.35. The first kappa shape index (κ1) is 10.7. The van der Waals surface area contributed by atoms with Gasteiger partial charge in [0.15, 0.2) is 0 Å². The maximum absolute atomic E-state index is 5.13. The maximum atomic E-state index is 5.13. The Balaban J connectivity index is 0.000000133. The second-order valence-electron chi connectivity index (χ2n) is 3.69. The molecule has 3 unspecified atom stereocenters. The third kappa shape index (κ3) is 3.92. The predicted molar refractivity (Wildman–Crippen MR) is 53.7 cm³/mol. The standard InChI is InChI=1S/C6H12.C5H8O2/c1-4-6(3)5-2;1-2-6-4(1)5-3-7-5/h4,6H,1,5H2,2-3H3;4-5H,1-3H2. The molecule has 0 bridgehead atoms. The lowest BCUT2D eigenvalue weighted by atomic mass is 10.1. The molecule has 2 nitrogen and oxygen atoms in total. The van der Waals surface area contributed by atoms with Gasteiger partial charge in [-0.1, -0.05) is 26.3 Å². The first-order valence-electron chi connectivity index (χ1n) is 5.13. The van der Waals surface area contributed by atoms with E-state index in [1.807, 2.05) is 6.08 Å². The number of allylic oxidation sites excluding steroid dienone is 1. The fourth-order valence-electron chi connectivity index (χ4n) is 0.984. The van der Waals surface area contributed by atoms with Crippen molar-refractivity contribution in [2.24, 2.45) is 5.92 Å². The Bertz CT molecular complexity index is 148. The third-order valence-corrected chi connectivity index (χ3v) is 2.55. The van der Waals surface area contributed by atoms with Gasteiger partial charge in [0.05, 0.1) is 12.7 Å². The second-order valence-corrected chi connectivity index (χ2v) is 3.69. The van der Waals surface area contributed by atoms with Crippen molar-refractivity contribution in [1.29, 1.82) is 0 Å². The van der Waals surface area contributed by atoms with Crippen LogP contribution in [0, 0.1) is 5.92 Å². The molecule has 0 aromatic carbocycles. The largest absolute Gasteiger partial charge is 0.375 e. The van der Waals surface area contributed by atoms with Crippen molar-refractivity contribution >= 4 is 0 Å². The Morgan fingerprint density at radius 1 is 1.46 bits per heavy atom. The summed E-state index contributed by atoms with van der Waals surface area (Å²) < 4.78 is 10.1. The highest BCUT2D eigenvalue weighted by Crippen LogP contribution is 2.25. The lowest BCUT2D eigenvalue weighted by Gasteiger charge is -2.23. The quantitative estimate of drug-likeness (QED) is 0.496. The fourth-order valence-corrected chi connectivity index (χ4v) is 0.984. The Hall–Kier alpha value is -0.340. The van der Waals surface area contributed by atoms with Crippen LogP contribution in [0.5, 0.6) is 0 Å². The zero-order valence-electron chi connectivity index (χ0n) is 8.66. The van der Waals surface area contributed by atoms with Crippen LogP contribution in [-0.4, -0.2) is 25.4 Å². The summed E-state index contributed by atoms with van der Waals surface area (Å²) in [5, 5.41) is 0. The molecule has 2 heterocycles. The molecular formula is C11H20O2. The maximum Gasteiger partial charge on any atom is 0.107 e. The van der Waals surface area contributed by atoms with Gasteiger partial charge in [0.1, 0.15) is 6.10 Å². The molecule has 2 heteroatoms. The minimum absolute atomic E-state index is 0.472. The van der Waals surface area contributed by atoms with E-state index < -0.39 is 0 Å². The van der Waals surface area contributed by atoms with Gasteiger partial charge >= 0.3 is 0 Å². The van der Waals surface area contributed by atoms with Crippen molar-refractivity contribution in [3.63, 3.8) is 0 Å². The first-order valence-corrected chi connectivity index (χ1v) is 5.13. The molecule has 2 aliphatic rings. The van der Waals surface area contributed by atoms with E-state index in [-0.39, 0.29) is 0 Å². The van der Waals surface area contributed by atoms with Crippen LogP contribution in [0.15, 0.2) is 12.7 Å². The molecular weight excluding hydrogens is 164 g/mol. The molecule has 13 heavy (non-hydrogen) atoms. The first-order chi connectivity index (χ1) is 6.27. The van der Waals surface area contributed by atoms with Gasteiger partial charge in [0.25, 0.3) is 0 Å². The average Bonchev–Trinajstić information content (AvgIpc) is 2.85. The monoisotopic (exact) mass is 184 g/mol. The summed E-state index contributed by atoms with van der Waals surface area (Å²) in [5.41, 5.74) is 0. The van der Waals surface area contributed by atoms with Crippen LogP contribution in [0.25, 0.3) is 0 Å². The van der Waals surface area contributed by atoms with Gasteiger partial charge in [-0.2, -0.15) is 0 Å². The average molecular weight is 184 g/mol. The van der Waals surface area contributed by atoms with Gasteiger partial charge in [0, 0.05) is 6.61 Å². The molecule has 0 spiro atoms. The highest BCUT2D eigenvalue weighted by atomic mass is 16.6. The number of rotatable bonds is 3. The van der Waals surface area contributed by atoms with Gasteiger partial charge in [0.2, 0.25) is 0 Å². The van der Waals surface area contributed by atoms with Crippen LogP contribution in [-0.2, 0) is 9.47 Å². The topological polar surface area (TPSA) is 21.8 Å². The van der Waals surface area contributed by atoms with Crippen LogP contribution in [0.4, 0.5) is 0 Å². The van der Waals surface area contributed by atoms with Gasteiger partial charge in [-0.15, -0.1) is 6.58 Å². The van der Waals surface area contributed by atoms with Crippen molar-refractivity contribution in [3.05, 3.63) is 12.7 Å². The molecule has 0 amide bonds. The van der Waals surface area contributed by atoms with Crippen molar-refractivity contribution in [2.75, 3.05) is 13.2 Å². The molecule has 0 aromatic rings. The van der Waals surface area contributed by atoms with E-state index in [9.17, 15) is 0 Å². The number of epoxide rings is 1. The van der Waals surface area contributed by atoms with Gasteiger partial charge in [-0.3, -0.25) is 0 Å². The number of hydrogen-bond donors (Lipinski definition) is 0. The van der Waals surface area contributed by atoms with Crippen LogP contribution < -0.4 is 0 Å². The third-order valence-electron chi connectivity index (χ3n) is 2.55. The molecule has 0 aliphatic carbocycles. The molecule has 2 fully saturated rings. The number of hydrogen-bond acceptors (Lipinski definition) is 2. The van der Waals surface area contributed by atoms with E-state index in [0.717, 1.165) is 13.2 Å². The minimum atomic E-state index is 0.472. The predicted octanol–water partition coefficient (Wildman–Crippen LogP) is 2.39. The SMILES string of the molecule is C1CC(C2CO2)O1.C=CC(C)CC. The molecule has 0 radical (unpaired) electrons. The van der Waals surface area contributed by atoms with E-state index in [2.05, 4.69) is 20.4 Å². The zero-order chi connectivity index (χ0) is 9.68. The molecule has 2 aliphatic heterocycles. The summed E-state index contributed by atoms with van der Waals surface area (Å²) in [7, 11) is 0. The fraction of sp³-hybridized carbons (Fsp3) is 0.818. The van der Waals surface area contributed by atoms with Crippen molar-refractivity contribution < 1.29 is 9.47 Å². The van der Waals surface area contributed by atoms with Crippen LogP contribution in [0.1, 0.15) is 26.7 Å². The summed E-state index contributed by atoms with van der Waals surface area (Å²) in [4.78, 5) is 0. The molecule has 2 rings (SSSR count). The molecule has 76 valence electrons. The highest BCUT2D eigenvalue weighted by Gasteiger charge is 2.37. The number of ether oxygens (including phenoxy) is 2. The molecule has 0 N–H and O–H groups in total. The summed E-state index contributed by atoms with van der Waals surface area (Å²) in [6.45, 7) is 9.83. The zero-order valence-corrected chi connectivity index (χ0v) is 8.66. The Morgan fingerprint density at radius 2 is 2.08 bits per heavy atom. The van der Waals surface area contributed by atoms with Crippen LogP contribution in [0.2, 0.25) is 0 Å².